The first-order chi connectivity index (χ1) is 13.8. The van der Waals surface area contributed by atoms with E-state index < -0.39 is 35.5 Å². The highest BCUT2D eigenvalue weighted by molar-refractivity contribution is 6.08. The summed E-state index contributed by atoms with van der Waals surface area (Å²) in [6.07, 6.45) is -1.53. The molecule has 3 rings (SSSR count). The molecule has 2 unspecified atom stereocenters. The first-order valence-corrected chi connectivity index (χ1v) is 9.03. The third-order valence-corrected chi connectivity index (χ3v) is 4.69. The Hall–Kier alpha value is -2.68. The van der Waals surface area contributed by atoms with Gasteiger partial charge in [0.2, 0.25) is 0 Å². The van der Waals surface area contributed by atoms with E-state index in [1.165, 1.54) is 24.1 Å². The summed E-state index contributed by atoms with van der Waals surface area (Å²) in [4.78, 5) is 5.42. The summed E-state index contributed by atoms with van der Waals surface area (Å²) < 4.78 is 68.5. The zero-order valence-corrected chi connectivity index (χ0v) is 15.6. The molecule has 1 fully saturated rings. The maximum absolute atomic E-state index is 14.4. The van der Waals surface area contributed by atoms with Crippen LogP contribution in [0.1, 0.15) is 18.4 Å². The molecule has 1 aliphatic heterocycles. The van der Waals surface area contributed by atoms with Gasteiger partial charge in [0, 0.05) is 43.5 Å². The second kappa shape index (κ2) is 8.77. The number of β-amino-alcohol motifs (C(OH)–C–C–N with tert-alkyl or cyclic N) is 1. The van der Waals surface area contributed by atoms with E-state index in [1.54, 1.807) is 0 Å². The average Bonchev–Trinajstić information content (AvgIpc) is 2.85. The van der Waals surface area contributed by atoms with Gasteiger partial charge in [0.05, 0.1) is 11.8 Å². The number of alkyl halides is 1. The number of anilines is 2. The van der Waals surface area contributed by atoms with Crippen molar-refractivity contribution in [2.45, 2.75) is 25.1 Å². The second-order valence-corrected chi connectivity index (χ2v) is 6.85. The van der Waals surface area contributed by atoms with Crippen molar-refractivity contribution in [1.82, 2.24) is 0 Å². The summed E-state index contributed by atoms with van der Waals surface area (Å²) in [5, 5.41) is 12.6. The van der Waals surface area contributed by atoms with Gasteiger partial charge in [-0.1, -0.05) is 0 Å². The fourth-order valence-electron chi connectivity index (χ4n) is 3.24. The molecule has 0 radical (unpaired) electrons. The Labute approximate surface area is 164 Å². The Bertz CT molecular complexity index is 886. The van der Waals surface area contributed by atoms with Crippen molar-refractivity contribution in [2.24, 2.45) is 4.99 Å². The number of nitrogens with one attached hydrogen (secondary N) is 1. The zero-order valence-electron chi connectivity index (χ0n) is 15.6. The molecule has 29 heavy (non-hydrogen) atoms. The topological polar surface area (TPSA) is 47.9 Å². The number of benzene rings is 2. The molecule has 0 saturated carbocycles. The van der Waals surface area contributed by atoms with Gasteiger partial charge in [-0.2, -0.15) is 0 Å². The highest BCUT2D eigenvalue weighted by Gasteiger charge is 2.25. The third kappa shape index (κ3) is 4.84. The van der Waals surface area contributed by atoms with E-state index in [4.69, 9.17) is 0 Å². The number of amidine groups is 1. The standard InChI is InChI=1S/C20H20F5N3O/c1-26-20(27-13-7-16(23)19(25)17(24)8-13)11-2-5-15(22)18(6-11)28-9-12(21)3-4-14(29)10-28/h2,5-8,12,14,29H,3-4,9-10H2,1H3,(H,26,27). The lowest BCUT2D eigenvalue weighted by Crippen LogP contribution is -2.34. The van der Waals surface area contributed by atoms with Gasteiger partial charge < -0.3 is 15.3 Å². The van der Waals surface area contributed by atoms with Gasteiger partial charge in [-0.3, -0.25) is 4.99 Å². The minimum atomic E-state index is -1.59. The highest BCUT2D eigenvalue weighted by atomic mass is 19.2. The van der Waals surface area contributed by atoms with Crippen molar-refractivity contribution >= 4 is 17.2 Å². The van der Waals surface area contributed by atoms with E-state index in [9.17, 15) is 27.1 Å². The van der Waals surface area contributed by atoms with E-state index in [0.29, 0.717) is 5.56 Å². The number of rotatable bonds is 3. The van der Waals surface area contributed by atoms with Gasteiger partial charge >= 0.3 is 0 Å². The summed E-state index contributed by atoms with van der Waals surface area (Å²) in [5.74, 6) is -4.78. The van der Waals surface area contributed by atoms with Crippen LogP contribution in [0.4, 0.5) is 33.3 Å². The van der Waals surface area contributed by atoms with Crippen molar-refractivity contribution in [1.29, 1.82) is 0 Å². The molecule has 1 saturated heterocycles. The Kier molecular flexibility index (Phi) is 6.36. The lowest BCUT2D eigenvalue weighted by atomic mass is 10.1. The number of aliphatic hydroxyl groups is 1. The summed E-state index contributed by atoms with van der Waals surface area (Å²) >= 11 is 0. The number of hydrogen-bond acceptors (Lipinski definition) is 3. The lowest BCUT2D eigenvalue weighted by Gasteiger charge is -2.26. The lowest BCUT2D eigenvalue weighted by molar-refractivity contribution is 0.168. The Morgan fingerprint density at radius 1 is 1.03 bits per heavy atom. The van der Waals surface area contributed by atoms with Gasteiger partial charge in [-0.25, -0.2) is 22.0 Å². The SMILES string of the molecule is CN=C(Nc1cc(F)c(F)c(F)c1)c1ccc(F)c(N2CC(O)CCC(F)C2)c1. The first kappa shape index (κ1) is 21.0. The molecule has 4 nitrogen and oxygen atoms in total. The number of aliphatic imine (C=N–C) groups is 1. The van der Waals surface area contributed by atoms with Crippen molar-refractivity contribution in [2.75, 3.05) is 30.4 Å². The molecule has 2 aromatic carbocycles. The largest absolute Gasteiger partial charge is 0.391 e. The average molecular weight is 413 g/mol. The van der Waals surface area contributed by atoms with Crippen molar-refractivity contribution < 1.29 is 27.1 Å². The fourth-order valence-corrected chi connectivity index (χ4v) is 3.24. The van der Waals surface area contributed by atoms with E-state index in [1.807, 2.05) is 0 Å². The molecular weight excluding hydrogens is 393 g/mol. The summed E-state index contributed by atoms with van der Waals surface area (Å²) in [6, 6.07) is 5.50. The van der Waals surface area contributed by atoms with Crippen LogP contribution in [0, 0.1) is 23.3 Å². The Morgan fingerprint density at radius 3 is 2.38 bits per heavy atom. The summed E-state index contributed by atoms with van der Waals surface area (Å²) in [6.45, 7) is -0.000937. The molecule has 2 N–H and O–H groups in total. The molecule has 2 aromatic rings. The van der Waals surface area contributed by atoms with E-state index in [2.05, 4.69) is 10.3 Å². The quantitative estimate of drug-likeness (QED) is 0.346. The van der Waals surface area contributed by atoms with Crippen LogP contribution in [-0.2, 0) is 0 Å². The Morgan fingerprint density at radius 2 is 1.72 bits per heavy atom. The van der Waals surface area contributed by atoms with Gasteiger partial charge in [0.1, 0.15) is 17.8 Å². The van der Waals surface area contributed by atoms with Crippen LogP contribution in [-0.4, -0.2) is 43.4 Å². The monoisotopic (exact) mass is 413 g/mol. The molecule has 0 bridgehead atoms. The highest BCUT2D eigenvalue weighted by Crippen LogP contribution is 2.26. The van der Waals surface area contributed by atoms with Crippen LogP contribution in [0.5, 0.6) is 0 Å². The number of hydrogen-bond donors (Lipinski definition) is 2. The molecule has 0 aliphatic carbocycles. The number of aliphatic hydroxyl groups excluding tert-OH is 1. The molecular formula is C20H20F5N3O. The molecule has 9 heteroatoms. The maximum Gasteiger partial charge on any atom is 0.194 e. The minimum absolute atomic E-state index is 0.0706. The van der Waals surface area contributed by atoms with Crippen molar-refractivity contribution in [3.05, 3.63) is 59.2 Å². The number of nitrogens with zero attached hydrogens (tertiary/aromatic N) is 2. The predicted octanol–water partition coefficient (Wildman–Crippen LogP) is 4.03. The summed E-state index contributed by atoms with van der Waals surface area (Å²) in [5.41, 5.74) is 0.357. The molecule has 156 valence electrons. The van der Waals surface area contributed by atoms with Crippen LogP contribution in [0.25, 0.3) is 0 Å². The van der Waals surface area contributed by atoms with E-state index in [-0.39, 0.29) is 43.1 Å². The smallest absolute Gasteiger partial charge is 0.194 e. The molecule has 1 heterocycles. The normalized spacial score (nSPS) is 20.5. The van der Waals surface area contributed by atoms with Crippen molar-refractivity contribution in [3.63, 3.8) is 0 Å². The predicted molar refractivity (Wildman–Crippen MR) is 101 cm³/mol. The van der Waals surface area contributed by atoms with E-state index in [0.717, 1.165) is 18.2 Å². The molecule has 1 aliphatic rings. The zero-order chi connectivity index (χ0) is 21.1. The fraction of sp³-hybridized carbons (Fsp3) is 0.350. The van der Waals surface area contributed by atoms with Gasteiger partial charge in [0.15, 0.2) is 17.5 Å². The van der Waals surface area contributed by atoms with Crippen LogP contribution in [0.2, 0.25) is 0 Å². The summed E-state index contributed by atoms with van der Waals surface area (Å²) in [7, 11) is 1.41. The van der Waals surface area contributed by atoms with Crippen LogP contribution in [0.3, 0.4) is 0 Å². The third-order valence-electron chi connectivity index (χ3n) is 4.69. The molecule has 0 amide bonds. The van der Waals surface area contributed by atoms with E-state index >= 15 is 0 Å². The second-order valence-electron chi connectivity index (χ2n) is 6.85. The molecule has 0 aromatic heterocycles. The van der Waals surface area contributed by atoms with Crippen LogP contribution < -0.4 is 10.2 Å². The Balaban J connectivity index is 1.91. The van der Waals surface area contributed by atoms with Crippen molar-refractivity contribution in [3.8, 4) is 0 Å². The minimum Gasteiger partial charge on any atom is -0.391 e. The molecule has 2 atom stereocenters. The van der Waals surface area contributed by atoms with Crippen LogP contribution in [0.15, 0.2) is 35.3 Å². The number of halogens is 5. The van der Waals surface area contributed by atoms with Gasteiger partial charge in [0.25, 0.3) is 0 Å². The maximum atomic E-state index is 14.4. The van der Waals surface area contributed by atoms with Gasteiger partial charge in [-0.15, -0.1) is 0 Å². The van der Waals surface area contributed by atoms with Gasteiger partial charge in [-0.05, 0) is 31.0 Å². The first-order valence-electron chi connectivity index (χ1n) is 9.03. The van der Waals surface area contributed by atoms with Crippen LogP contribution >= 0.6 is 0 Å². The molecule has 0 spiro atoms.